The zero-order valence-corrected chi connectivity index (χ0v) is 10.5. The van der Waals surface area contributed by atoms with Gasteiger partial charge in [-0.2, -0.15) is 4.98 Å². The van der Waals surface area contributed by atoms with Gasteiger partial charge in [0, 0.05) is 5.92 Å². The Kier molecular flexibility index (Phi) is 3.69. The third kappa shape index (κ3) is 3.03. The summed E-state index contributed by atoms with van der Waals surface area (Å²) in [5.74, 6) is -0.143. The lowest BCUT2D eigenvalue weighted by Crippen LogP contribution is -2.12. The summed E-state index contributed by atoms with van der Waals surface area (Å²) in [5.41, 5.74) is 0.254. The number of aromatic nitrogens is 4. The number of hydrogen-bond acceptors (Lipinski definition) is 7. The van der Waals surface area contributed by atoms with E-state index in [1.54, 1.807) is 0 Å². The Morgan fingerprint density at radius 3 is 2.84 bits per heavy atom. The van der Waals surface area contributed by atoms with Crippen molar-refractivity contribution >= 4 is 11.7 Å². The third-order valence-electron chi connectivity index (χ3n) is 2.37. The molecule has 2 N–H and O–H groups in total. The maximum absolute atomic E-state index is 11.2. The number of aromatic carboxylic acids is 1. The molecular formula is C11H13N5O3. The number of hydrogen-bond donors (Lipinski definition) is 2. The number of rotatable bonds is 5. The van der Waals surface area contributed by atoms with Crippen LogP contribution < -0.4 is 5.32 Å². The minimum atomic E-state index is -1.11. The van der Waals surface area contributed by atoms with Crippen LogP contribution in [0.4, 0.5) is 5.69 Å². The number of nitrogens with zero attached hydrogens (tertiary/aromatic N) is 4. The Balaban J connectivity index is 2.21. The summed E-state index contributed by atoms with van der Waals surface area (Å²) in [6.45, 7) is 4.03. The first-order valence-electron chi connectivity index (χ1n) is 5.67. The molecule has 0 fully saturated rings. The first-order valence-corrected chi connectivity index (χ1v) is 5.67. The Bertz CT molecular complexity index is 568. The molecule has 0 unspecified atom stereocenters. The lowest BCUT2D eigenvalue weighted by molar-refractivity contribution is 0.0691. The molecule has 0 aliphatic rings. The minimum absolute atomic E-state index is 0.0596. The SMILES string of the molecule is CC(C)c1ncc(NCc2ncon2)c(C(=O)O)n1. The van der Waals surface area contributed by atoms with E-state index in [0.717, 1.165) is 0 Å². The van der Waals surface area contributed by atoms with Gasteiger partial charge >= 0.3 is 5.97 Å². The predicted molar refractivity (Wildman–Crippen MR) is 64.7 cm³/mol. The molecule has 19 heavy (non-hydrogen) atoms. The molecule has 0 aliphatic carbocycles. The van der Waals surface area contributed by atoms with E-state index < -0.39 is 5.97 Å². The molecule has 2 aromatic heterocycles. The zero-order valence-electron chi connectivity index (χ0n) is 10.5. The van der Waals surface area contributed by atoms with E-state index in [0.29, 0.717) is 17.3 Å². The van der Waals surface area contributed by atoms with E-state index >= 15 is 0 Å². The summed E-state index contributed by atoms with van der Waals surface area (Å²) in [5, 5.41) is 15.6. The number of carboxylic acid groups (broad SMARTS) is 1. The molecule has 0 aromatic carbocycles. The van der Waals surface area contributed by atoms with E-state index in [4.69, 9.17) is 5.11 Å². The van der Waals surface area contributed by atoms with E-state index in [1.165, 1.54) is 12.6 Å². The van der Waals surface area contributed by atoms with Gasteiger partial charge in [0.05, 0.1) is 18.4 Å². The van der Waals surface area contributed by atoms with Gasteiger partial charge in [0.2, 0.25) is 6.39 Å². The molecule has 0 radical (unpaired) electrons. The monoisotopic (exact) mass is 263 g/mol. The van der Waals surface area contributed by atoms with Crippen LogP contribution >= 0.6 is 0 Å². The molecule has 0 atom stereocenters. The molecule has 0 saturated heterocycles. The smallest absolute Gasteiger partial charge is 0.356 e. The second-order valence-corrected chi connectivity index (χ2v) is 4.15. The largest absolute Gasteiger partial charge is 0.476 e. The van der Waals surface area contributed by atoms with Gasteiger partial charge < -0.3 is 14.9 Å². The van der Waals surface area contributed by atoms with Crippen LogP contribution in [0.2, 0.25) is 0 Å². The molecule has 100 valence electrons. The van der Waals surface area contributed by atoms with Crippen molar-refractivity contribution in [2.75, 3.05) is 5.32 Å². The first kappa shape index (κ1) is 12.9. The first-order chi connectivity index (χ1) is 9.08. The van der Waals surface area contributed by atoms with E-state index in [9.17, 15) is 4.79 Å². The summed E-state index contributed by atoms with van der Waals surface area (Å²) < 4.78 is 4.58. The van der Waals surface area contributed by atoms with Gasteiger partial charge in [0.1, 0.15) is 5.82 Å². The summed E-state index contributed by atoms with van der Waals surface area (Å²) in [6, 6.07) is 0. The highest BCUT2D eigenvalue weighted by molar-refractivity contribution is 5.91. The van der Waals surface area contributed by atoms with Crippen LogP contribution in [0.1, 0.15) is 41.9 Å². The quantitative estimate of drug-likeness (QED) is 0.829. The van der Waals surface area contributed by atoms with Gasteiger partial charge in [0.15, 0.2) is 11.5 Å². The molecule has 2 aromatic rings. The van der Waals surface area contributed by atoms with E-state index in [1.807, 2.05) is 13.8 Å². The minimum Gasteiger partial charge on any atom is -0.476 e. The van der Waals surface area contributed by atoms with Crippen molar-refractivity contribution in [2.24, 2.45) is 0 Å². The highest BCUT2D eigenvalue weighted by Crippen LogP contribution is 2.16. The fourth-order valence-corrected chi connectivity index (χ4v) is 1.41. The standard InChI is InChI=1S/C11H13N5O3/c1-6(2)10-13-3-7(9(15-10)11(17)18)12-4-8-14-5-19-16-8/h3,5-6,12H,4H2,1-2H3,(H,17,18). The van der Waals surface area contributed by atoms with Crippen LogP contribution in [0.3, 0.4) is 0 Å². The Morgan fingerprint density at radius 1 is 1.47 bits per heavy atom. The van der Waals surface area contributed by atoms with Crippen LogP contribution in [-0.2, 0) is 6.54 Å². The summed E-state index contributed by atoms with van der Waals surface area (Å²) in [7, 11) is 0. The van der Waals surface area contributed by atoms with Crippen LogP contribution in [-0.4, -0.2) is 31.2 Å². The molecule has 0 bridgehead atoms. The van der Waals surface area contributed by atoms with E-state index in [2.05, 4.69) is 29.9 Å². The van der Waals surface area contributed by atoms with E-state index in [-0.39, 0.29) is 18.2 Å². The molecule has 8 heteroatoms. The maximum atomic E-state index is 11.2. The molecule has 0 amide bonds. The highest BCUT2D eigenvalue weighted by atomic mass is 16.5. The molecule has 2 heterocycles. The average Bonchev–Trinajstić information content (AvgIpc) is 2.89. The molecular weight excluding hydrogens is 250 g/mol. The van der Waals surface area contributed by atoms with Crippen molar-refractivity contribution in [3.05, 3.63) is 29.9 Å². The summed E-state index contributed by atoms with van der Waals surface area (Å²) in [6.07, 6.45) is 2.65. The molecule has 8 nitrogen and oxygen atoms in total. The van der Waals surface area contributed by atoms with Gasteiger partial charge in [-0.15, -0.1) is 0 Å². The lowest BCUT2D eigenvalue weighted by Gasteiger charge is -2.09. The Hall–Kier alpha value is -2.51. The maximum Gasteiger partial charge on any atom is 0.356 e. The van der Waals surface area contributed by atoms with Crippen molar-refractivity contribution in [3.63, 3.8) is 0 Å². The fourth-order valence-electron chi connectivity index (χ4n) is 1.41. The normalized spacial score (nSPS) is 10.7. The molecule has 0 aliphatic heterocycles. The highest BCUT2D eigenvalue weighted by Gasteiger charge is 2.15. The van der Waals surface area contributed by atoms with Crippen molar-refractivity contribution in [3.8, 4) is 0 Å². The van der Waals surface area contributed by atoms with Crippen LogP contribution in [0.5, 0.6) is 0 Å². The number of anilines is 1. The van der Waals surface area contributed by atoms with Gasteiger partial charge in [-0.3, -0.25) is 0 Å². The number of carboxylic acids is 1. The zero-order chi connectivity index (χ0) is 13.8. The molecule has 0 spiro atoms. The van der Waals surface area contributed by atoms with Gasteiger partial charge in [-0.25, -0.2) is 14.8 Å². The average molecular weight is 263 g/mol. The second-order valence-electron chi connectivity index (χ2n) is 4.15. The Morgan fingerprint density at radius 2 is 2.26 bits per heavy atom. The summed E-state index contributed by atoms with van der Waals surface area (Å²) >= 11 is 0. The van der Waals surface area contributed by atoms with Gasteiger partial charge in [-0.1, -0.05) is 19.0 Å². The fraction of sp³-hybridized carbons (Fsp3) is 0.364. The Labute approximate surface area is 108 Å². The third-order valence-corrected chi connectivity index (χ3v) is 2.37. The van der Waals surface area contributed by atoms with Gasteiger partial charge in [-0.05, 0) is 0 Å². The molecule has 0 saturated carbocycles. The van der Waals surface area contributed by atoms with Crippen LogP contribution in [0.25, 0.3) is 0 Å². The van der Waals surface area contributed by atoms with Crippen LogP contribution in [0, 0.1) is 0 Å². The van der Waals surface area contributed by atoms with Crippen molar-refractivity contribution in [2.45, 2.75) is 26.3 Å². The number of carbonyl (C=O) groups is 1. The number of nitrogens with one attached hydrogen (secondary N) is 1. The predicted octanol–water partition coefficient (Wildman–Crippen LogP) is 1.29. The second kappa shape index (κ2) is 5.42. The lowest BCUT2D eigenvalue weighted by atomic mass is 10.2. The molecule has 2 rings (SSSR count). The van der Waals surface area contributed by atoms with Crippen molar-refractivity contribution < 1.29 is 14.4 Å². The van der Waals surface area contributed by atoms with Gasteiger partial charge in [0.25, 0.3) is 0 Å². The van der Waals surface area contributed by atoms with Crippen LogP contribution in [0.15, 0.2) is 17.1 Å². The van der Waals surface area contributed by atoms with Crippen molar-refractivity contribution in [1.82, 2.24) is 20.1 Å². The topological polar surface area (TPSA) is 114 Å². The van der Waals surface area contributed by atoms with Crippen molar-refractivity contribution in [1.29, 1.82) is 0 Å². The summed E-state index contributed by atoms with van der Waals surface area (Å²) in [4.78, 5) is 23.2.